The highest BCUT2D eigenvalue weighted by Crippen LogP contribution is 2.25. The number of sulfonamides is 1. The molecule has 1 amide bonds. The lowest BCUT2D eigenvalue weighted by Gasteiger charge is -2.20. The van der Waals surface area contributed by atoms with Crippen LogP contribution in [0.1, 0.15) is 5.56 Å². The van der Waals surface area contributed by atoms with Gasteiger partial charge in [-0.3, -0.25) is 4.31 Å². The number of benzene rings is 1. The van der Waals surface area contributed by atoms with Crippen molar-refractivity contribution < 1.29 is 18.3 Å². The molecule has 0 aliphatic heterocycles. The molecule has 18 heavy (non-hydrogen) atoms. The van der Waals surface area contributed by atoms with E-state index in [1.807, 2.05) is 0 Å². The van der Waals surface area contributed by atoms with E-state index < -0.39 is 16.1 Å². The molecule has 100 valence electrons. The van der Waals surface area contributed by atoms with Gasteiger partial charge in [-0.05, 0) is 23.8 Å². The maximum atomic E-state index is 11.5. The van der Waals surface area contributed by atoms with Gasteiger partial charge in [0.2, 0.25) is 10.0 Å². The zero-order valence-corrected chi connectivity index (χ0v) is 11.4. The summed E-state index contributed by atoms with van der Waals surface area (Å²) in [5.74, 6) is 0. The van der Waals surface area contributed by atoms with E-state index >= 15 is 0 Å². The summed E-state index contributed by atoms with van der Waals surface area (Å²) in [5.41, 5.74) is 0.869. The van der Waals surface area contributed by atoms with Crippen LogP contribution in [-0.2, 0) is 16.6 Å². The third kappa shape index (κ3) is 3.78. The van der Waals surface area contributed by atoms with Crippen molar-refractivity contribution in [2.45, 2.75) is 6.54 Å². The first kappa shape index (κ1) is 14.6. The molecule has 0 fully saturated rings. The van der Waals surface area contributed by atoms with Crippen molar-refractivity contribution in [1.29, 1.82) is 0 Å². The number of carbonyl (C=O) groups is 1. The number of hydrogen-bond donors (Lipinski definition) is 2. The molecule has 0 saturated carbocycles. The maximum Gasteiger partial charge on any atom is 0.404 e. The lowest BCUT2D eigenvalue weighted by atomic mass is 10.2. The van der Waals surface area contributed by atoms with Gasteiger partial charge in [-0.25, -0.2) is 13.2 Å². The van der Waals surface area contributed by atoms with Crippen LogP contribution in [0.15, 0.2) is 18.2 Å². The molecule has 0 unspecified atom stereocenters. The molecule has 8 heteroatoms. The second-order valence-electron chi connectivity index (χ2n) is 3.66. The van der Waals surface area contributed by atoms with Crippen LogP contribution in [0.2, 0.25) is 5.02 Å². The highest BCUT2D eigenvalue weighted by Gasteiger charge is 2.16. The summed E-state index contributed by atoms with van der Waals surface area (Å²) in [7, 11) is -2.02. The summed E-state index contributed by atoms with van der Waals surface area (Å²) in [6.45, 7) is -0.0227. The van der Waals surface area contributed by atoms with E-state index in [4.69, 9.17) is 16.7 Å². The van der Waals surface area contributed by atoms with Gasteiger partial charge < -0.3 is 10.4 Å². The SMILES string of the molecule is CN(c1ccc(Cl)cc1CNC(=O)O)S(C)(=O)=O. The van der Waals surface area contributed by atoms with E-state index in [1.165, 1.54) is 19.2 Å². The highest BCUT2D eigenvalue weighted by atomic mass is 35.5. The molecule has 1 aromatic rings. The van der Waals surface area contributed by atoms with E-state index in [2.05, 4.69) is 5.32 Å². The van der Waals surface area contributed by atoms with Gasteiger partial charge in [-0.1, -0.05) is 11.6 Å². The molecule has 6 nitrogen and oxygen atoms in total. The normalized spacial score (nSPS) is 11.1. The van der Waals surface area contributed by atoms with Crippen LogP contribution in [0, 0.1) is 0 Å². The average molecular weight is 293 g/mol. The van der Waals surface area contributed by atoms with Crippen LogP contribution in [0.4, 0.5) is 10.5 Å². The molecule has 0 atom stereocenters. The van der Waals surface area contributed by atoms with Crippen LogP contribution in [0.25, 0.3) is 0 Å². The third-order valence-corrected chi connectivity index (χ3v) is 3.74. The Morgan fingerprint density at radius 3 is 2.61 bits per heavy atom. The molecule has 0 bridgehead atoms. The second kappa shape index (κ2) is 5.45. The third-order valence-electron chi connectivity index (χ3n) is 2.31. The Morgan fingerprint density at radius 1 is 1.50 bits per heavy atom. The molecule has 0 aliphatic carbocycles. The van der Waals surface area contributed by atoms with Gasteiger partial charge in [0.05, 0.1) is 11.9 Å². The Hall–Kier alpha value is -1.47. The fourth-order valence-corrected chi connectivity index (χ4v) is 2.08. The summed E-state index contributed by atoms with van der Waals surface area (Å²) in [4.78, 5) is 10.5. The number of anilines is 1. The predicted octanol–water partition coefficient (Wildman–Crippen LogP) is 1.50. The van der Waals surface area contributed by atoms with E-state index in [-0.39, 0.29) is 6.54 Å². The summed E-state index contributed by atoms with van der Waals surface area (Å²) in [6, 6.07) is 4.60. The summed E-state index contributed by atoms with van der Waals surface area (Å²) < 4.78 is 24.0. The first-order chi connectivity index (χ1) is 8.21. The highest BCUT2D eigenvalue weighted by molar-refractivity contribution is 7.92. The molecule has 0 spiro atoms. The minimum absolute atomic E-state index is 0.0227. The number of amides is 1. The van der Waals surface area contributed by atoms with Crippen LogP contribution in [0.5, 0.6) is 0 Å². The van der Waals surface area contributed by atoms with E-state index in [9.17, 15) is 13.2 Å². The minimum Gasteiger partial charge on any atom is -0.465 e. The van der Waals surface area contributed by atoms with Crippen molar-refractivity contribution in [2.75, 3.05) is 17.6 Å². The number of nitrogens with zero attached hydrogens (tertiary/aromatic N) is 1. The first-order valence-corrected chi connectivity index (χ1v) is 7.13. The molecule has 0 aromatic heterocycles. The summed E-state index contributed by atoms with van der Waals surface area (Å²) >= 11 is 5.81. The number of nitrogens with one attached hydrogen (secondary N) is 1. The van der Waals surface area contributed by atoms with E-state index in [0.717, 1.165) is 10.6 Å². The predicted molar refractivity (Wildman–Crippen MR) is 69.6 cm³/mol. The Morgan fingerprint density at radius 2 is 2.11 bits per heavy atom. The van der Waals surface area contributed by atoms with Crippen LogP contribution in [-0.4, -0.2) is 32.9 Å². The van der Waals surface area contributed by atoms with Gasteiger partial charge in [0.1, 0.15) is 0 Å². The molecule has 0 heterocycles. The zero-order chi connectivity index (χ0) is 13.9. The fourth-order valence-electron chi connectivity index (χ4n) is 1.35. The molecular formula is C10H13ClN2O4S. The fraction of sp³-hybridized carbons (Fsp3) is 0.300. The Labute approximate surface area is 110 Å². The maximum absolute atomic E-state index is 11.5. The molecule has 1 rings (SSSR count). The van der Waals surface area contributed by atoms with Gasteiger partial charge in [0, 0.05) is 18.6 Å². The van der Waals surface area contributed by atoms with E-state index in [1.54, 1.807) is 6.07 Å². The van der Waals surface area contributed by atoms with Crippen molar-refractivity contribution in [3.05, 3.63) is 28.8 Å². The van der Waals surface area contributed by atoms with Gasteiger partial charge >= 0.3 is 6.09 Å². The van der Waals surface area contributed by atoms with Crippen molar-refractivity contribution in [3.63, 3.8) is 0 Å². The molecular weight excluding hydrogens is 280 g/mol. The Kier molecular flexibility index (Phi) is 4.42. The molecule has 1 aromatic carbocycles. The van der Waals surface area contributed by atoms with Crippen LogP contribution in [0.3, 0.4) is 0 Å². The minimum atomic E-state index is -3.41. The van der Waals surface area contributed by atoms with Gasteiger partial charge in [0.25, 0.3) is 0 Å². The largest absolute Gasteiger partial charge is 0.465 e. The second-order valence-corrected chi connectivity index (χ2v) is 6.11. The van der Waals surface area contributed by atoms with Crippen LogP contribution >= 0.6 is 11.6 Å². The monoisotopic (exact) mass is 292 g/mol. The Balaban J connectivity index is 3.14. The zero-order valence-electron chi connectivity index (χ0n) is 9.84. The lowest BCUT2D eigenvalue weighted by molar-refractivity contribution is 0.194. The number of halogens is 1. The van der Waals surface area contributed by atoms with Crippen molar-refractivity contribution in [1.82, 2.24) is 5.32 Å². The lowest BCUT2D eigenvalue weighted by Crippen LogP contribution is -2.27. The van der Waals surface area contributed by atoms with Crippen molar-refractivity contribution in [3.8, 4) is 0 Å². The number of carboxylic acid groups (broad SMARTS) is 1. The van der Waals surface area contributed by atoms with Gasteiger partial charge in [0.15, 0.2) is 0 Å². The number of hydrogen-bond acceptors (Lipinski definition) is 3. The van der Waals surface area contributed by atoms with Crippen molar-refractivity contribution >= 4 is 33.4 Å². The number of rotatable bonds is 4. The first-order valence-electron chi connectivity index (χ1n) is 4.91. The van der Waals surface area contributed by atoms with E-state index in [0.29, 0.717) is 16.3 Å². The summed E-state index contributed by atoms with van der Waals surface area (Å²) in [5, 5.41) is 11.1. The van der Waals surface area contributed by atoms with Gasteiger partial charge in [-0.15, -0.1) is 0 Å². The molecule has 0 radical (unpaired) electrons. The Bertz CT molecular complexity index is 559. The van der Waals surface area contributed by atoms with Crippen molar-refractivity contribution in [2.24, 2.45) is 0 Å². The molecule has 2 N–H and O–H groups in total. The summed E-state index contributed by atoms with van der Waals surface area (Å²) in [6.07, 6.45) is -0.126. The van der Waals surface area contributed by atoms with Gasteiger partial charge in [-0.2, -0.15) is 0 Å². The van der Waals surface area contributed by atoms with Crippen LogP contribution < -0.4 is 9.62 Å². The topological polar surface area (TPSA) is 86.7 Å². The smallest absolute Gasteiger partial charge is 0.404 e. The quantitative estimate of drug-likeness (QED) is 0.880. The standard InChI is InChI=1S/C10H13ClN2O4S/c1-13(18(2,16)17)9-4-3-8(11)5-7(9)6-12-10(14)15/h3-5,12H,6H2,1-2H3,(H,14,15). The molecule has 0 aliphatic rings. The average Bonchev–Trinajstić information content (AvgIpc) is 2.24. The molecule has 0 saturated heterocycles.